The van der Waals surface area contributed by atoms with Crippen molar-refractivity contribution < 1.29 is 0 Å². The van der Waals surface area contributed by atoms with Crippen LogP contribution in [-0.4, -0.2) is 22.6 Å². The van der Waals surface area contributed by atoms with Crippen LogP contribution in [0, 0.1) is 6.92 Å². The van der Waals surface area contributed by atoms with E-state index in [0.29, 0.717) is 0 Å². The van der Waals surface area contributed by atoms with Gasteiger partial charge in [-0.05, 0) is 29.2 Å². The van der Waals surface area contributed by atoms with Gasteiger partial charge in [0.25, 0.3) is 0 Å². The molecule has 0 bridgehead atoms. The van der Waals surface area contributed by atoms with E-state index < -0.39 is 0 Å². The second-order valence-electron chi connectivity index (χ2n) is 6.26. The van der Waals surface area contributed by atoms with Crippen molar-refractivity contribution in [1.29, 1.82) is 0 Å². The number of nitrogens with zero attached hydrogens (tertiary/aromatic N) is 3. The number of benzene rings is 2. The molecule has 0 radical (unpaired) electrons. The lowest BCUT2D eigenvalue weighted by atomic mass is 10.1. The first-order valence-corrected chi connectivity index (χ1v) is 8.77. The van der Waals surface area contributed by atoms with Gasteiger partial charge in [-0.2, -0.15) is 0 Å². The van der Waals surface area contributed by atoms with Crippen molar-refractivity contribution in [3.05, 3.63) is 89.5 Å². The van der Waals surface area contributed by atoms with Crippen molar-refractivity contribution in [2.45, 2.75) is 26.6 Å². The summed E-state index contributed by atoms with van der Waals surface area (Å²) in [7, 11) is 1.79. The van der Waals surface area contributed by atoms with Crippen LogP contribution in [0.15, 0.2) is 72.2 Å². The maximum absolute atomic E-state index is 4.30. The third-order valence-electron chi connectivity index (χ3n) is 4.34. The third kappa shape index (κ3) is 4.96. The fourth-order valence-corrected chi connectivity index (χ4v) is 2.75. The lowest BCUT2D eigenvalue weighted by Crippen LogP contribution is -2.36. The molecule has 3 rings (SSSR count). The molecule has 0 fully saturated rings. The molecule has 5 heteroatoms. The number of nitrogens with one attached hydrogen (secondary N) is 2. The number of aliphatic imine (C=N–C) groups is 1. The number of hydrogen-bond donors (Lipinski definition) is 2. The Kier molecular flexibility index (Phi) is 6.04. The van der Waals surface area contributed by atoms with E-state index in [0.717, 1.165) is 25.6 Å². The smallest absolute Gasteiger partial charge is 0.191 e. The Hall–Kier alpha value is -3.08. The largest absolute Gasteiger partial charge is 0.352 e. The van der Waals surface area contributed by atoms with Crippen LogP contribution in [0.3, 0.4) is 0 Å². The summed E-state index contributed by atoms with van der Waals surface area (Å²) in [5, 5.41) is 6.73. The molecule has 1 heterocycles. The molecule has 26 heavy (non-hydrogen) atoms. The number of aryl methyl sites for hydroxylation is 1. The zero-order valence-corrected chi connectivity index (χ0v) is 15.3. The minimum atomic E-state index is 0.735. The van der Waals surface area contributed by atoms with E-state index in [9.17, 15) is 0 Å². The van der Waals surface area contributed by atoms with Gasteiger partial charge in [-0.25, -0.2) is 4.98 Å². The molecule has 0 aliphatic carbocycles. The maximum atomic E-state index is 4.30. The first-order chi connectivity index (χ1) is 12.7. The molecule has 0 aliphatic rings. The Morgan fingerprint density at radius 3 is 2.42 bits per heavy atom. The standard InChI is InChI=1S/C21H25N5/c1-17-5-3-4-6-20(17)14-25-21(22-2)24-13-18-7-9-19(10-8-18)15-26-12-11-23-16-26/h3-12,16H,13-15H2,1-2H3,(H2,22,24,25). The number of imidazole rings is 1. The fourth-order valence-electron chi connectivity index (χ4n) is 2.75. The van der Waals surface area contributed by atoms with Crippen LogP contribution in [-0.2, 0) is 19.6 Å². The predicted octanol–water partition coefficient (Wildman–Crippen LogP) is 3.11. The van der Waals surface area contributed by atoms with Crippen LogP contribution in [0.4, 0.5) is 0 Å². The molecule has 0 saturated carbocycles. The van der Waals surface area contributed by atoms with Crippen LogP contribution in [0.25, 0.3) is 0 Å². The minimum Gasteiger partial charge on any atom is -0.352 e. The summed E-state index contributed by atoms with van der Waals surface area (Å²) in [5.74, 6) is 0.802. The molecule has 0 atom stereocenters. The fraction of sp³-hybridized carbons (Fsp3) is 0.238. The van der Waals surface area contributed by atoms with Crippen molar-refractivity contribution in [3.63, 3.8) is 0 Å². The summed E-state index contributed by atoms with van der Waals surface area (Å²) in [4.78, 5) is 8.37. The molecule has 1 aromatic heterocycles. The van der Waals surface area contributed by atoms with Crippen molar-refractivity contribution >= 4 is 5.96 Å². The number of aromatic nitrogens is 2. The second-order valence-corrected chi connectivity index (χ2v) is 6.26. The Morgan fingerprint density at radius 2 is 1.73 bits per heavy atom. The van der Waals surface area contributed by atoms with Gasteiger partial charge in [-0.3, -0.25) is 4.99 Å². The van der Waals surface area contributed by atoms with Gasteiger partial charge in [0.15, 0.2) is 5.96 Å². The van der Waals surface area contributed by atoms with E-state index in [-0.39, 0.29) is 0 Å². The topological polar surface area (TPSA) is 54.2 Å². The second kappa shape index (κ2) is 8.85. The van der Waals surface area contributed by atoms with Crippen molar-refractivity contribution in [2.24, 2.45) is 4.99 Å². The average Bonchev–Trinajstić information content (AvgIpc) is 3.17. The Bertz CT molecular complexity index is 835. The first-order valence-electron chi connectivity index (χ1n) is 8.77. The van der Waals surface area contributed by atoms with Crippen LogP contribution in [0.5, 0.6) is 0 Å². The number of hydrogen-bond acceptors (Lipinski definition) is 2. The van der Waals surface area contributed by atoms with E-state index in [1.165, 1.54) is 22.3 Å². The van der Waals surface area contributed by atoms with E-state index in [1.54, 1.807) is 13.2 Å². The monoisotopic (exact) mass is 347 g/mol. The predicted molar refractivity (Wildman–Crippen MR) is 106 cm³/mol. The average molecular weight is 347 g/mol. The highest BCUT2D eigenvalue weighted by molar-refractivity contribution is 5.79. The normalized spacial score (nSPS) is 11.4. The molecule has 0 saturated heterocycles. The molecule has 0 spiro atoms. The van der Waals surface area contributed by atoms with Gasteiger partial charge in [0.05, 0.1) is 6.33 Å². The molecule has 0 aliphatic heterocycles. The molecule has 0 amide bonds. The summed E-state index contributed by atoms with van der Waals surface area (Å²) >= 11 is 0. The Balaban J connectivity index is 1.49. The molecule has 0 unspecified atom stereocenters. The van der Waals surface area contributed by atoms with E-state index >= 15 is 0 Å². The summed E-state index contributed by atoms with van der Waals surface area (Å²) in [5.41, 5.74) is 5.04. The van der Waals surface area contributed by atoms with Crippen LogP contribution < -0.4 is 10.6 Å². The van der Waals surface area contributed by atoms with E-state index in [2.05, 4.69) is 80.6 Å². The molecule has 5 nitrogen and oxygen atoms in total. The van der Waals surface area contributed by atoms with Crippen molar-refractivity contribution in [2.75, 3.05) is 7.05 Å². The highest BCUT2D eigenvalue weighted by Crippen LogP contribution is 2.07. The molecule has 2 aromatic carbocycles. The number of rotatable bonds is 6. The zero-order valence-electron chi connectivity index (χ0n) is 15.3. The molecular weight excluding hydrogens is 322 g/mol. The Labute approximate surface area is 154 Å². The Morgan fingerprint density at radius 1 is 1.00 bits per heavy atom. The first kappa shape index (κ1) is 17.7. The summed E-state index contributed by atoms with van der Waals surface area (Å²) in [6.45, 7) is 4.46. The maximum Gasteiger partial charge on any atom is 0.191 e. The number of guanidine groups is 1. The molecular formula is C21H25N5. The van der Waals surface area contributed by atoms with Crippen LogP contribution >= 0.6 is 0 Å². The highest BCUT2D eigenvalue weighted by atomic mass is 15.2. The van der Waals surface area contributed by atoms with Crippen molar-refractivity contribution in [1.82, 2.24) is 20.2 Å². The molecule has 134 valence electrons. The van der Waals surface area contributed by atoms with Gasteiger partial charge >= 0.3 is 0 Å². The van der Waals surface area contributed by atoms with Gasteiger partial charge in [-0.1, -0.05) is 48.5 Å². The van der Waals surface area contributed by atoms with Gasteiger partial charge in [0, 0.05) is 39.1 Å². The molecule has 3 aromatic rings. The lowest BCUT2D eigenvalue weighted by Gasteiger charge is -2.13. The van der Waals surface area contributed by atoms with E-state index in [1.807, 2.05) is 12.5 Å². The highest BCUT2D eigenvalue weighted by Gasteiger charge is 2.01. The summed E-state index contributed by atoms with van der Waals surface area (Å²) in [6, 6.07) is 17.0. The van der Waals surface area contributed by atoms with Gasteiger partial charge in [0.1, 0.15) is 0 Å². The van der Waals surface area contributed by atoms with E-state index in [4.69, 9.17) is 0 Å². The molecule has 2 N–H and O–H groups in total. The lowest BCUT2D eigenvalue weighted by molar-refractivity contribution is 0.791. The SMILES string of the molecule is CN=C(NCc1ccc(Cn2ccnc2)cc1)NCc1ccccc1C. The minimum absolute atomic E-state index is 0.735. The summed E-state index contributed by atoms with van der Waals surface area (Å²) < 4.78 is 2.06. The van der Waals surface area contributed by atoms with Gasteiger partial charge < -0.3 is 15.2 Å². The third-order valence-corrected chi connectivity index (χ3v) is 4.34. The zero-order chi connectivity index (χ0) is 18.2. The van der Waals surface area contributed by atoms with Crippen molar-refractivity contribution in [3.8, 4) is 0 Å². The van der Waals surface area contributed by atoms with Gasteiger partial charge in [0.2, 0.25) is 0 Å². The van der Waals surface area contributed by atoms with Gasteiger partial charge in [-0.15, -0.1) is 0 Å². The quantitative estimate of drug-likeness (QED) is 0.532. The van der Waals surface area contributed by atoms with Crippen LogP contribution in [0.2, 0.25) is 0 Å². The summed E-state index contributed by atoms with van der Waals surface area (Å²) in [6.07, 6.45) is 5.60. The van der Waals surface area contributed by atoms with Crippen LogP contribution in [0.1, 0.15) is 22.3 Å².